The Hall–Kier alpha value is -2.41. The predicted molar refractivity (Wildman–Crippen MR) is 109 cm³/mol. The maximum Gasteiger partial charge on any atom is 0.251 e. The Morgan fingerprint density at radius 3 is 2.18 bits per heavy atom. The van der Waals surface area contributed by atoms with Crippen molar-refractivity contribution in [2.75, 3.05) is 20.5 Å². The zero-order valence-corrected chi connectivity index (χ0v) is 16.7. The SMILES string of the molecule is COCOC[C@H](C[C@H](C)C(N)=O)NC(=O)c1ccc(-c2ccc(Cl)cc2)cc1. The van der Waals surface area contributed by atoms with E-state index in [2.05, 4.69) is 5.32 Å². The smallest absolute Gasteiger partial charge is 0.251 e. The lowest BCUT2D eigenvalue weighted by Crippen LogP contribution is -2.41. The summed E-state index contributed by atoms with van der Waals surface area (Å²) in [6, 6.07) is 14.4. The maximum atomic E-state index is 12.6. The fourth-order valence-corrected chi connectivity index (χ4v) is 2.84. The predicted octanol–water partition coefficient (Wildman–Crippen LogP) is 3.24. The Bertz CT molecular complexity index is 778. The Morgan fingerprint density at radius 2 is 1.64 bits per heavy atom. The number of halogens is 1. The molecule has 0 bridgehead atoms. The molecule has 0 aromatic heterocycles. The summed E-state index contributed by atoms with van der Waals surface area (Å²) in [5.41, 5.74) is 7.85. The van der Waals surface area contributed by atoms with Gasteiger partial charge in [0.05, 0.1) is 12.6 Å². The van der Waals surface area contributed by atoms with E-state index in [0.717, 1.165) is 11.1 Å². The highest BCUT2D eigenvalue weighted by Crippen LogP contribution is 2.22. The van der Waals surface area contributed by atoms with E-state index in [9.17, 15) is 9.59 Å². The molecule has 0 radical (unpaired) electrons. The largest absolute Gasteiger partial charge is 0.369 e. The number of amides is 2. The van der Waals surface area contributed by atoms with Crippen molar-refractivity contribution in [2.24, 2.45) is 11.7 Å². The summed E-state index contributed by atoms with van der Waals surface area (Å²) in [7, 11) is 1.52. The van der Waals surface area contributed by atoms with Crippen LogP contribution in [0.4, 0.5) is 0 Å². The molecule has 0 saturated carbocycles. The highest BCUT2D eigenvalue weighted by molar-refractivity contribution is 6.30. The summed E-state index contributed by atoms with van der Waals surface area (Å²) < 4.78 is 10.2. The molecule has 28 heavy (non-hydrogen) atoms. The number of ether oxygens (including phenoxy) is 2. The molecule has 0 aliphatic rings. The van der Waals surface area contributed by atoms with E-state index in [1.54, 1.807) is 19.1 Å². The quantitative estimate of drug-likeness (QED) is 0.469. The van der Waals surface area contributed by atoms with Crippen LogP contribution in [-0.2, 0) is 14.3 Å². The van der Waals surface area contributed by atoms with Gasteiger partial charge >= 0.3 is 0 Å². The minimum atomic E-state index is -0.418. The molecule has 0 saturated heterocycles. The van der Waals surface area contributed by atoms with Crippen molar-refractivity contribution >= 4 is 23.4 Å². The van der Waals surface area contributed by atoms with Crippen LogP contribution in [0.25, 0.3) is 11.1 Å². The number of carbonyl (C=O) groups excluding carboxylic acids is 2. The first-order chi connectivity index (χ1) is 13.4. The van der Waals surface area contributed by atoms with Gasteiger partial charge in [-0.05, 0) is 41.8 Å². The van der Waals surface area contributed by atoms with E-state index in [1.807, 2.05) is 36.4 Å². The van der Waals surface area contributed by atoms with Crippen molar-refractivity contribution in [2.45, 2.75) is 19.4 Å². The molecule has 6 nitrogen and oxygen atoms in total. The summed E-state index contributed by atoms with van der Waals surface area (Å²) >= 11 is 5.92. The molecule has 0 aliphatic heterocycles. The highest BCUT2D eigenvalue weighted by atomic mass is 35.5. The summed E-state index contributed by atoms with van der Waals surface area (Å²) in [4.78, 5) is 23.9. The van der Waals surface area contributed by atoms with Crippen molar-refractivity contribution in [3.05, 3.63) is 59.1 Å². The van der Waals surface area contributed by atoms with Crippen LogP contribution < -0.4 is 11.1 Å². The third kappa shape index (κ3) is 6.64. The number of methoxy groups -OCH3 is 1. The van der Waals surface area contributed by atoms with Crippen molar-refractivity contribution in [1.82, 2.24) is 5.32 Å². The van der Waals surface area contributed by atoms with Gasteiger partial charge in [0.1, 0.15) is 6.79 Å². The van der Waals surface area contributed by atoms with E-state index in [1.165, 1.54) is 7.11 Å². The van der Waals surface area contributed by atoms with Crippen molar-refractivity contribution in [1.29, 1.82) is 0 Å². The van der Waals surface area contributed by atoms with Gasteiger partial charge in [-0.3, -0.25) is 9.59 Å². The van der Waals surface area contributed by atoms with Gasteiger partial charge in [0.15, 0.2) is 0 Å². The number of hydrogen-bond acceptors (Lipinski definition) is 4. The molecular formula is C21H25ClN2O4. The molecule has 7 heteroatoms. The molecule has 150 valence electrons. The lowest BCUT2D eigenvalue weighted by Gasteiger charge is -2.21. The second kappa shape index (κ2) is 10.8. The minimum Gasteiger partial charge on any atom is -0.369 e. The second-order valence-electron chi connectivity index (χ2n) is 6.57. The standard InChI is InChI=1S/C21H25ClN2O4/c1-14(20(23)25)11-19(12-28-13-27-2)24-21(26)17-5-3-15(4-6-17)16-7-9-18(22)10-8-16/h3-10,14,19H,11-13H2,1-2H3,(H2,23,25)(H,24,26)/t14-,19-/m0/s1. The number of nitrogens with two attached hydrogens (primary N) is 1. The van der Waals surface area contributed by atoms with E-state index < -0.39 is 5.91 Å². The zero-order chi connectivity index (χ0) is 20.5. The van der Waals surface area contributed by atoms with Crippen LogP contribution >= 0.6 is 11.6 Å². The fourth-order valence-electron chi connectivity index (χ4n) is 2.71. The monoisotopic (exact) mass is 404 g/mol. The van der Waals surface area contributed by atoms with Gasteiger partial charge in [-0.2, -0.15) is 0 Å². The van der Waals surface area contributed by atoms with Crippen molar-refractivity contribution in [3.63, 3.8) is 0 Å². The molecule has 0 heterocycles. The summed E-state index contributed by atoms with van der Waals surface area (Å²) in [5, 5.41) is 3.57. The van der Waals surface area contributed by atoms with Crippen LogP contribution in [-0.4, -0.2) is 38.4 Å². The van der Waals surface area contributed by atoms with Crippen LogP contribution in [0.3, 0.4) is 0 Å². The number of benzene rings is 2. The Balaban J connectivity index is 2.04. The lowest BCUT2D eigenvalue weighted by atomic mass is 10.0. The highest BCUT2D eigenvalue weighted by Gasteiger charge is 2.20. The molecule has 2 atom stereocenters. The topological polar surface area (TPSA) is 90.7 Å². The molecule has 3 N–H and O–H groups in total. The van der Waals surface area contributed by atoms with E-state index in [0.29, 0.717) is 17.0 Å². The zero-order valence-electron chi connectivity index (χ0n) is 16.0. The first-order valence-electron chi connectivity index (χ1n) is 8.93. The average Bonchev–Trinajstić information content (AvgIpc) is 2.68. The van der Waals surface area contributed by atoms with Gasteiger partial charge in [0.2, 0.25) is 5.91 Å². The fraction of sp³-hybridized carbons (Fsp3) is 0.333. The summed E-state index contributed by atoms with van der Waals surface area (Å²) in [5.74, 6) is -1.05. The molecule has 0 fully saturated rings. The van der Waals surface area contributed by atoms with Crippen LogP contribution in [0.15, 0.2) is 48.5 Å². The Kier molecular flexibility index (Phi) is 8.44. The molecule has 0 unspecified atom stereocenters. The van der Waals surface area contributed by atoms with Gasteiger partial charge in [-0.1, -0.05) is 42.8 Å². The first kappa shape index (κ1) is 21.9. The molecule has 2 aromatic carbocycles. The van der Waals surface area contributed by atoms with Gasteiger partial charge in [0, 0.05) is 23.6 Å². The summed E-state index contributed by atoms with van der Waals surface area (Å²) in [6.45, 7) is 2.05. The molecule has 0 aliphatic carbocycles. The lowest BCUT2D eigenvalue weighted by molar-refractivity contribution is -0.121. The van der Waals surface area contributed by atoms with E-state index in [-0.39, 0.29) is 31.3 Å². The number of hydrogen-bond donors (Lipinski definition) is 2. The molecule has 2 amide bonds. The number of carbonyl (C=O) groups is 2. The van der Waals surface area contributed by atoms with Crippen molar-refractivity contribution in [3.8, 4) is 11.1 Å². The van der Waals surface area contributed by atoms with Crippen LogP contribution in [0.1, 0.15) is 23.7 Å². The van der Waals surface area contributed by atoms with Gasteiger partial charge in [0.25, 0.3) is 5.91 Å². The molecule has 2 aromatic rings. The Morgan fingerprint density at radius 1 is 1.07 bits per heavy atom. The first-order valence-corrected chi connectivity index (χ1v) is 9.31. The third-order valence-corrected chi connectivity index (χ3v) is 4.56. The van der Waals surface area contributed by atoms with E-state index in [4.69, 9.17) is 26.8 Å². The number of nitrogens with one attached hydrogen (secondary N) is 1. The molecule has 2 rings (SSSR count). The normalized spacial score (nSPS) is 13.0. The van der Waals surface area contributed by atoms with Gasteiger partial charge in [-0.25, -0.2) is 0 Å². The van der Waals surface area contributed by atoms with Crippen molar-refractivity contribution < 1.29 is 19.1 Å². The maximum absolute atomic E-state index is 12.6. The van der Waals surface area contributed by atoms with Crippen LogP contribution in [0.5, 0.6) is 0 Å². The Labute approximate surface area is 170 Å². The van der Waals surface area contributed by atoms with E-state index >= 15 is 0 Å². The molecule has 0 spiro atoms. The third-order valence-electron chi connectivity index (χ3n) is 4.30. The number of primary amides is 1. The van der Waals surface area contributed by atoms with Gasteiger partial charge < -0.3 is 20.5 Å². The number of rotatable bonds is 10. The average molecular weight is 405 g/mol. The summed E-state index contributed by atoms with van der Waals surface area (Å²) in [6.07, 6.45) is 0.383. The van der Waals surface area contributed by atoms with Crippen LogP contribution in [0.2, 0.25) is 5.02 Å². The minimum absolute atomic E-state index is 0.104. The second-order valence-corrected chi connectivity index (χ2v) is 7.01. The van der Waals surface area contributed by atoms with Crippen LogP contribution in [0, 0.1) is 5.92 Å². The molecular weight excluding hydrogens is 380 g/mol. The van der Waals surface area contributed by atoms with Gasteiger partial charge in [-0.15, -0.1) is 0 Å².